The zero-order valence-electron chi connectivity index (χ0n) is 17.4. The molecule has 1 aliphatic rings. The van der Waals surface area contributed by atoms with E-state index in [0.29, 0.717) is 23.8 Å². The van der Waals surface area contributed by atoms with Gasteiger partial charge in [-0.25, -0.2) is 4.98 Å². The van der Waals surface area contributed by atoms with Gasteiger partial charge in [-0.2, -0.15) is 27.8 Å². The Bertz CT molecular complexity index is 1050. The van der Waals surface area contributed by atoms with Crippen LogP contribution >= 0.6 is 0 Å². The molecule has 10 heteroatoms. The molecule has 2 aromatic heterocycles. The molecular weight excluding hydrogens is 411 g/mol. The Balaban J connectivity index is 1.45. The standard InChI is InChI=1S/C21H24F3N5O2/c1-3-31-18-10-14(4-5-17(18)30-2)12-28-8-6-15(7-9-28)16-11-19(21(22,23)24)29-20(27-16)25-13-26-29/h4-5,10-11,13,15H,3,6-9,12H2,1-2H3. The number of benzene rings is 1. The number of rotatable bonds is 6. The zero-order valence-corrected chi connectivity index (χ0v) is 17.4. The largest absolute Gasteiger partial charge is 0.493 e. The molecule has 0 bridgehead atoms. The lowest BCUT2D eigenvalue weighted by Gasteiger charge is -2.32. The highest BCUT2D eigenvalue weighted by Crippen LogP contribution is 2.34. The minimum atomic E-state index is -4.52. The average Bonchev–Trinajstić information content (AvgIpc) is 3.22. The highest BCUT2D eigenvalue weighted by molar-refractivity contribution is 5.43. The Labute approximate surface area is 177 Å². The number of hydrogen-bond acceptors (Lipinski definition) is 6. The Morgan fingerprint density at radius 3 is 2.58 bits per heavy atom. The van der Waals surface area contributed by atoms with Crippen molar-refractivity contribution in [1.82, 2.24) is 24.5 Å². The molecule has 3 heterocycles. The molecule has 0 atom stereocenters. The molecule has 1 aromatic carbocycles. The monoisotopic (exact) mass is 435 g/mol. The molecule has 1 fully saturated rings. The van der Waals surface area contributed by atoms with Gasteiger partial charge in [0.2, 0.25) is 0 Å². The molecule has 31 heavy (non-hydrogen) atoms. The van der Waals surface area contributed by atoms with Gasteiger partial charge in [0.1, 0.15) is 6.33 Å². The maximum Gasteiger partial charge on any atom is 0.433 e. The fourth-order valence-corrected chi connectivity index (χ4v) is 3.97. The summed E-state index contributed by atoms with van der Waals surface area (Å²) in [5.74, 6) is 1.34. The SMILES string of the molecule is CCOc1cc(CN2CCC(c3cc(C(F)(F)F)n4ncnc4n3)CC2)ccc1OC. The van der Waals surface area contributed by atoms with Gasteiger partial charge in [-0.1, -0.05) is 6.07 Å². The van der Waals surface area contributed by atoms with Crippen LogP contribution in [0.15, 0.2) is 30.6 Å². The Morgan fingerprint density at radius 1 is 1.13 bits per heavy atom. The van der Waals surface area contributed by atoms with E-state index in [2.05, 4.69) is 20.0 Å². The molecular formula is C21H24F3N5O2. The molecule has 0 spiro atoms. The lowest BCUT2D eigenvalue weighted by molar-refractivity contribution is -0.142. The molecule has 0 N–H and O–H groups in total. The van der Waals surface area contributed by atoms with Crippen molar-refractivity contribution in [2.45, 2.75) is 38.4 Å². The average molecular weight is 435 g/mol. The Morgan fingerprint density at radius 2 is 1.90 bits per heavy atom. The summed E-state index contributed by atoms with van der Waals surface area (Å²) in [7, 11) is 1.61. The molecule has 0 unspecified atom stereocenters. The van der Waals surface area contributed by atoms with Crippen LogP contribution < -0.4 is 9.47 Å². The van der Waals surface area contributed by atoms with Crippen molar-refractivity contribution in [1.29, 1.82) is 0 Å². The van der Waals surface area contributed by atoms with Crippen molar-refractivity contribution >= 4 is 5.78 Å². The number of likely N-dealkylation sites (tertiary alicyclic amines) is 1. The molecule has 1 aliphatic heterocycles. The predicted octanol–water partition coefficient (Wildman–Crippen LogP) is 3.93. The number of nitrogens with zero attached hydrogens (tertiary/aromatic N) is 5. The van der Waals surface area contributed by atoms with Crippen molar-refractivity contribution in [3.8, 4) is 11.5 Å². The number of methoxy groups -OCH3 is 1. The van der Waals surface area contributed by atoms with Gasteiger partial charge < -0.3 is 9.47 Å². The van der Waals surface area contributed by atoms with E-state index < -0.39 is 11.9 Å². The van der Waals surface area contributed by atoms with Gasteiger partial charge in [0.05, 0.1) is 13.7 Å². The number of piperidine rings is 1. The number of aromatic nitrogens is 4. The van der Waals surface area contributed by atoms with Crippen LogP contribution in [0.1, 0.15) is 42.6 Å². The first-order valence-corrected chi connectivity index (χ1v) is 10.2. The van der Waals surface area contributed by atoms with Crippen molar-refractivity contribution < 1.29 is 22.6 Å². The van der Waals surface area contributed by atoms with Crippen LogP contribution in [0.5, 0.6) is 11.5 Å². The van der Waals surface area contributed by atoms with E-state index in [1.807, 2.05) is 25.1 Å². The zero-order chi connectivity index (χ0) is 22.0. The van der Waals surface area contributed by atoms with E-state index >= 15 is 0 Å². The molecule has 3 aromatic rings. The third-order valence-corrected chi connectivity index (χ3v) is 5.50. The first kappa shape index (κ1) is 21.4. The first-order valence-electron chi connectivity index (χ1n) is 10.2. The van der Waals surface area contributed by atoms with Gasteiger partial charge >= 0.3 is 6.18 Å². The van der Waals surface area contributed by atoms with Gasteiger partial charge in [-0.3, -0.25) is 4.90 Å². The lowest BCUT2D eigenvalue weighted by Crippen LogP contribution is -2.33. The van der Waals surface area contributed by atoms with Gasteiger partial charge in [0.25, 0.3) is 5.78 Å². The Hall–Kier alpha value is -2.88. The van der Waals surface area contributed by atoms with Gasteiger partial charge in [-0.05, 0) is 56.6 Å². The van der Waals surface area contributed by atoms with Gasteiger partial charge in [-0.15, -0.1) is 0 Å². The number of ether oxygens (including phenoxy) is 2. The normalized spacial score (nSPS) is 16.0. The second-order valence-corrected chi connectivity index (χ2v) is 7.50. The third kappa shape index (κ3) is 4.58. The van der Waals surface area contributed by atoms with Crippen molar-refractivity contribution in [3.05, 3.63) is 47.5 Å². The second kappa shape index (κ2) is 8.70. The van der Waals surface area contributed by atoms with Crippen LogP contribution in [0.3, 0.4) is 0 Å². The fourth-order valence-electron chi connectivity index (χ4n) is 3.97. The summed E-state index contributed by atoms with van der Waals surface area (Å²) >= 11 is 0. The summed E-state index contributed by atoms with van der Waals surface area (Å²) in [6.07, 6.45) is -1.97. The quantitative estimate of drug-likeness (QED) is 0.585. The van der Waals surface area contributed by atoms with Gasteiger partial charge in [0, 0.05) is 18.2 Å². The third-order valence-electron chi connectivity index (χ3n) is 5.50. The minimum Gasteiger partial charge on any atom is -0.493 e. The predicted molar refractivity (Wildman–Crippen MR) is 107 cm³/mol. The summed E-state index contributed by atoms with van der Waals surface area (Å²) in [5, 5.41) is 3.66. The number of hydrogen-bond donors (Lipinski definition) is 0. The van der Waals surface area contributed by atoms with Crippen LogP contribution in [0.2, 0.25) is 0 Å². The van der Waals surface area contributed by atoms with E-state index in [0.717, 1.165) is 54.9 Å². The maximum absolute atomic E-state index is 13.4. The molecule has 0 amide bonds. The number of alkyl halides is 3. The highest BCUT2D eigenvalue weighted by Gasteiger charge is 2.36. The van der Waals surface area contributed by atoms with Crippen molar-refractivity contribution in [2.24, 2.45) is 0 Å². The van der Waals surface area contributed by atoms with E-state index in [-0.39, 0.29) is 11.7 Å². The first-order chi connectivity index (χ1) is 14.9. The number of fused-ring (bicyclic) bond motifs is 1. The lowest BCUT2D eigenvalue weighted by atomic mass is 9.92. The van der Waals surface area contributed by atoms with Crippen molar-refractivity contribution in [3.63, 3.8) is 0 Å². The minimum absolute atomic E-state index is 0.0195. The van der Waals surface area contributed by atoms with Crippen LogP contribution in [0.4, 0.5) is 13.2 Å². The van der Waals surface area contributed by atoms with E-state index in [1.54, 1.807) is 7.11 Å². The van der Waals surface area contributed by atoms with E-state index in [1.165, 1.54) is 0 Å². The molecule has 0 radical (unpaired) electrons. The highest BCUT2D eigenvalue weighted by atomic mass is 19.4. The molecule has 7 nitrogen and oxygen atoms in total. The van der Waals surface area contributed by atoms with Crippen LogP contribution in [-0.4, -0.2) is 51.3 Å². The van der Waals surface area contributed by atoms with Crippen LogP contribution in [0, 0.1) is 0 Å². The topological polar surface area (TPSA) is 64.8 Å². The van der Waals surface area contributed by atoms with Crippen LogP contribution in [-0.2, 0) is 12.7 Å². The molecule has 1 saturated heterocycles. The molecule has 0 saturated carbocycles. The van der Waals surface area contributed by atoms with Crippen molar-refractivity contribution in [2.75, 3.05) is 26.8 Å². The van der Waals surface area contributed by atoms with Crippen LogP contribution in [0.25, 0.3) is 5.78 Å². The summed E-state index contributed by atoms with van der Waals surface area (Å²) < 4.78 is 52.1. The summed E-state index contributed by atoms with van der Waals surface area (Å²) in [4.78, 5) is 10.5. The molecule has 0 aliphatic carbocycles. The Kier molecular flexibility index (Phi) is 5.99. The molecule has 166 valence electrons. The number of halogens is 3. The summed E-state index contributed by atoms with van der Waals surface area (Å²) in [5.41, 5.74) is 0.690. The summed E-state index contributed by atoms with van der Waals surface area (Å²) in [6.45, 7) is 4.74. The molecule has 4 rings (SSSR count). The van der Waals surface area contributed by atoms with E-state index in [4.69, 9.17) is 9.47 Å². The smallest absolute Gasteiger partial charge is 0.433 e. The second-order valence-electron chi connectivity index (χ2n) is 7.50. The van der Waals surface area contributed by atoms with E-state index in [9.17, 15) is 13.2 Å². The van der Waals surface area contributed by atoms with Gasteiger partial charge in [0.15, 0.2) is 17.2 Å². The summed E-state index contributed by atoms with van der Waals surface area (Å²) in [6, 6.07) is 6.98. The maximum atomic E-state index is 13.4. The fraction of sp³-hybridized carbons (Fsp3) is 0.476.